The third kappa shape index (κ3) is 1.16. The van der Waals surface area contributed by atoms with E-state index < -0.39 is 0 Å². The Bertz CT molecular complexity index is 478. The maximum absolute atomic E-state index is 5.62. The Kier molecular flexibility index (Phi) is 2.07. The van der Waals surface area contributed by atoms with Gasteiger partial charge in [-0.25, -0.2) is 0 Å². The highest BCUT2D eigenvalue weighted by Crippen LogP contribution is 2.53. The highest BCUT2D eigenvalue weighted by atomic mass is 16.5. The molecule has 2 aliphatic rings. The lowest BCUT2D eigenvalue weighted by Gasteiger charge is -2.46. The van der Waals surface area contributed by atoms with Crippen LogP contribution in [0, 0.1) is 0 Å². The van der Waals surface area contributed by atoms with Crippen LogP contribution >= 0.6 is 0 Å². The number of benzene rings is 1. The fraction of sp³-hybridized carbons (Fsp3) is 0.467. The quantitative estimate of drug-likeness (QED) is 0.678. The predicted octanol–water partition coefficient (Wildman–Crippen LogP) is 3.09. The highest BCUT2D eigenvalue weighted by molar-refractivity contribution is 5.66. The molecule has 3 rings (SSSR count). The zero-order valence-corrected chi connectivity index (χ0v) is 10.7. The molecule has 0 aliphatic carbocycles. The molecule has 0 radical (unpaired) electrons. The minimum atomic E-state index is 0.0609. The Balaban J connectivity index is 2.19. The number of hydrogen-bond donors (Lipinski definition) is 0. The van der Waals surface area contributed by atoms with E-state index in [1.165, 1.54) is 11.3 Å². The van der Waals surface area contributed by atoms with E-state index in [0.717, 1.165) is 13.0 Å². The van der Waals surface area contributed by atoms with Crippen LogP contribution in [0.3, 0.4) is 0 Å². The SMILES string of the molecule is CN1c2ccccc2C(C)(C)C12CC=COC2. The van der Waals surface area contributed by atoms with Crippen molar-refractivity contribution in [3.8, 4) is 0 Å². The van der Waals surface area contributed by atoms with E-state index >= 15 is 0 Å². The van der Waals surface area contributed by atoms with Crippen molar-refractivity contribution in [1.82, 2.24) is 0 Å². The summed E-state index contributed by atoms with van der Waals surface area (Å²) in [6.07, 6.45) is 5.02. The topological polar surface area (TPSA) is 12.5 Å². The van der Waals surface area contributed by atoms with Gasteiger partial charge in [0.1, 0.15) is 6.61 Å². The van der Waals surface area contributed by atoms with Gasteiger partial charge < -0.3 is 9.64 Å². The number of para-hydroxylation sites is 1. The molecule has 1 spiro atoms. The fourth-order valence-electron chi connectivity index (χ4n) is 3.42. The smallest absolute Gasteiger partial charge is 0.112 e. The van der Waals surface area contributed by atoms with Crippen molar-refractivity contribution in [2.75, 3.05) is 18.6 Å². The van der Waals surface area contributed by atoms with Gasteiger partial charge in [-0.2, -0.15) is 0 Å². The number of anilines is 1. The van der Waals surface area contributed by atoms with Gasteiger partial charge in [-0.1, -0.05) is 32.0 Å². The van der Waals surface area contributed by atoms with Gasteiger partial charge in [-0.15, -0.1) is 0 Å². The van der Waals surface area contributed by atoms with Crippen LogP contribution in [0.5, 0.6) is 0 Å². The van der Waals surface area contributed by atoms with Crippen molar-refractivity contribution in [1.29, 1.82) is 0 Å². The minimum Gasteiger partial charge on any atom is -0.499 e. The molecule has 2 heteroatoms. The molecule has 0 fully saturated rings. The largest absolute Gasteiger partial charge is 0.499 e. The van der Waals surface area contributed by atoms with E-state index in [1.54, 1.807) is 0 Å². The van der Waals surface area contributed by atoms with E-state index in [9.17, 15) is 0 Å². The Morgan fingerprint density at radius 1 is 1.24 bits per heavy atom. The first kappa shape index (κ1) is 10.7. The molecule has 0 aromatic heterocycles. The number of likely N-dealkylation sites (N-methyl/N-ethyl adjacent to an activating group) is 1. The van der Waals surface area contributed by atoms with Crippen LogP contribution in [0.15, 0.2) is 36.6 Å². The molecule has 0 bridgehead atoms. The first-order valence-electron chi connectivity index (χ1n) is 6.19. The molecular weight excluding hydrogens is 210 g/mol. The zero-order valence-electron chi connectivity index (χ0n) is 10.7. The second-order valence-electron chi connectivity index (χ2n) is 5.62. The summed E-state index contributed by atoms with van der Waals surface area (Å²) in [7, 11) is 2.19. The van der Waals surface area contributed by atoms with Gasteiger partial charge in [-0.05, 0) is 24.1 Å². The molecule has 1 atom stereocenters. The van der Waals surface area contributed by atoms with Gasteiger partial charge in [0.2, 0.25) is 0 Å². The maximum Gasteiger partial charge on any atom is 0.112 e. The van der Waals surface area contributed by atoms with Crippen LogP contribution in [0.4, 0.5) is 5.69 Å². The summed E-state index contributed by atoms with van der Waals surface area (Å²) >= 11 is 0. The lowest BCUT2D eigenvalue weighted by molar-refractivity contribution is 0.106. The van der Waals surface area contributed by atoms with Crippen LogP contribution in [-0.4, -0.2) is 19.2 Å². The van der Waals surface area contributed by atoms with Gasteiger partial charge in [0.25, 0.3) is 0 Å². The fourth-order valence-corrected chi connectivity index (χ4v) is 3.42. The Hall–Kier alpha value is -1.44. The molecule has 2 heterocycles. The first-order chi connectivity index (χ1) is 8.09. The van der Waals surface area contributed by atoms with Crippen molar-refractivity contribution < 1.29 is 4.74 Å². The lowest BCUT2D eigenvalue weighted by Crippen LogP contribution is -2.58. The summed E-state index contributed by atoms with van der Waals surface area (Å²) < 4.78 is 5.62. The van der Waals surface area contributed by atoms with Crippen molar-refractivity contribution in [3.05, 3.63) is 42.2 Å². The predicted molar refractivity (Wildman–Crippen MR) is 70.3 cm³/mol. The average molecular weight is 229 g/mol. The standard InChI is InChI=1S/C15H19NO/c1-14(2)12-7-4-5-8-13(12)16(3)15(14)9-6-10-17-11-15/h4-8,10H,9,11H2,1-3H3. The second-order valence-corrected chi connectivity index (χ2v) is 5.62. The van der Waals surface area contributed by atoms with Crippen LogP contribution in [0.2, 0.25) is 0 Å². The monoisotopic (exact) mass is 229 g/mol. The van der Waals surface area contributed by atoms with Crippen molar-refractivity contribution in [2.24, 2.45) is 0 Å². The molecular formula is C15H19NO. The van der Waals surface area contributed by atoms with Crippen LogP contribution < -0.4 is 4.90 Å². The lowest BCUT2D eigenvalue weighted by atomic mass is 9.68. The summed E-state index contributed by atoms with van der Waals surface area (Å²) in [5.41, 5.74) is 2.95. The minimum absolute atomic E-state index is 0.0609. The Labute approximate surface area is 103 Å². The normalized spacial score (nSPS) is 29.2. The molecule has 0 saturated heterocycles. The Morgan fingerprint density at radius 3 is 2.65 bits per heavy atom. The summed E-state index contributed by atoms with van der Waals surface area (Å²) in [4.78, 5) is 2.41. The maximum atomic E-state index is 5.62. The molecule has 17 heavy (non-hydrogen) atoms. The summed E-state index contributed by atoms with van der Waals surface area (Å²) in [5.74, 6) is 0. The number of nitrogens with zero attached hydrogens (tertiary/aromatic N) is 1. The van der Waals surface area contributed by atoms with Gasteiger partial charge in [0.15, 0.2) is 0 Å². The van der Waals surface area contributed by atoms with Crippen molar-refractivity contribution in [2.45, 2.75) is 31.2 Å². The van der Waals surface area contributed by atoms with Gasteiger partial charge in [0, 0.05) is 18.2 Å². The van der Waals surface area contributed by atoms with Crippen LogP contribution in [0.1, 0.15) is 25.8 Å². The van der Waals surface area contributed by atoms with E-state index in [2.05, 4.69) is 56.1 Å². The number of rotatable bonds is 0. The molecule has 90 valence electrons. The molecule has 0 amide bonds. The van der Waals surface area contributed by atoms with E-state index in [4.69, 9.17) is 4.74 Å². The number of hydrogen-bond acceptors (Lipinski definition) is 2. The molecule has 1 unspecified atom stereocenters. The number of fused-ring (bicyclic) bond motifs is 1. The van der Waals surface area contributed by atoms with Gasteiger partial charge >= 0.3 is 0 Å². The Morgan fingerprint density at radius 2 is 2.00 bits per heavy atom. The summed E-state index contributed by atoms with van der Waals surface area (Å²) in [6.45, 7) is 5.43. The molecule has 0 N–H and O–H groups in total. The molecule has 2 aliphatic heterocycles. The van der Waals surface area contributed by atoms with E-state index in [-0.39, 0.29) is 11.0 Å². The summed E-state index contributed by atoms with van der Waals surface area (Å²) in [6, 6.07) is 8.71. The van der Waals surface area contributed by atoms with Crippen LogP contribution in [0.25, 0.3) is 0 Å². The van der Waals surface area contributed by atoms with Crippen molar-refractivity contribution in [3.63, 3.8) is 0 Å². The number of ether oxygens (including phenoxy) is 1. The van der Waals surface area contributed by atoms with Crippen LogP contribution in [-0.2, 0) is 10.2 Å². The first-order valence-corrected chi connectivity index (χ1v) is 6.19. The molecule has 2 nitrogen and oxygen atoms in total. The average Bonchev–Trinajstić information content (AvgIpc) is 2.52. The van der Waals surface area contributed by atoms with E-state index in [1.807, 2.05) is 6.26 Å². The van der Waals surface area contributed by atoms with Crippen molar-refractivity contribution >= 4 is 5.69 Å². The third-order valence-electron chi connectivity index (χ3n) is 4.71. The summed E-state index contributed by atoms with van der Waals surface area (Å²) in [5, 5.41) is 0. The molecule has 1 aromatic carbocycles. The second kappa shape index (κ2) is 3.28. The third-order valence-corrected chi connectivity index (χ3v) is 4.71. The zero-order chi connectivity index (χ0) is 12.1. The highest BCUT2D eigenvalue weighted by Gasteiger charge is 2.55. The van der Waals surface area contributed by atoms with Gasteiger partial charge in [0.05, 0.1) is 11.8 Å². The van der Waals surface area contributed by atoms with E-state index in [0.29, 0.717) is 0 Å². The molecule has 0 saturated carbocycles. The van der Waals surface area contributed by atoms with Gasteiger partial charge in [-0.3, -0.25) is 0 Å². The molecule has 1 aromatic rings.